The summed E-state index contributed by atoms with van der Waals surface area (Å²) in [4.78, 5) is 11.3. The molecule has 4 rings (SSSR count). The third kappa shape index (κ3) is 3.42. The molecular weight excluding hydrogens is 320 g/mol. The van der Waals surface area contributed by atoms with Gasteiger partial charge in [-0.05, 0) is 6.07 Å². The summed E-state index contributed by atoms with van der Waals surface area (Å²) in [5, 5.41) is 0. The molecule has 0 atom stereocenters. The van der Waals surface area contributed by atoms with Gasteiger partial charge in [0, 0.05) is 55.0 Å². The molecule has 3 nitrogen and oxygen atoms in total. The first-order valence-corrected chi connectivity index (χ1v) is 8.25. The standard InChI is InChI=1S/C20H17F2N3/c21-17-7-6-15(18(22)10-17)12-25-9-8-19-16(13-25)11-23-20(24-19)14-4-2-1-3-5-14/h1-7,10-11H,8-9,12-13H2. The maximum Gasteiger partial charge on any atom is 0.159 e. The Morgan fingerprint density at radius 1 is 1.04 bits per heavy atom. The Bertz CT molecular complexity index is 897. The minimum Gasteiger partial charge on any atom is -0.294 e. The summed E-state index contributed by atoms with van der Waals surface area (Å²) >= 11 is 0. The van der Waals surface area contributed by atoms with Gasteiger partial charge in [0.25, 0.3) is 0 Å². The van der Waals surface area contributed by atoms with Gasteiger partial charge < -0.3 is 0 Å². The molecule has 0 aliphatic carbocycles. The van der Waals surface area contributed by atoms with Crippen LogP contribution in [0.3, 0.4) is 0 Å². The molecule has 0 saturated carbocycles. The number of fused-ring (bicyclic) bond motifs is 1. The van der Waals surface area contributed by atoms with Crippen LogP contribution in [0.1, 0.15) is 16.8 Å². The molecule has 0 N–H and O–H groups in total. The van der Waals surface area contributed by atoms with E-state index in [0.717, 1.165) is 41.7 Å². The molecule has 0 fully saturated rings. The van der Waals surface area contributed by atoms with E-state index in [0.29, 0.717) is 18.7 Å². The highest BCUT2D eigenvalue weighted by molar-refractivity contribution is 5.54. The second-order valence-electron chi connectivity index (χ2n) is 6.23. The van der Waals surface area contributed by atoms with Crippen molar-refractivity contribution in [1.29, 1.82) is 0 Å². The summed E-state index contributed by atoms with van der Waals surface area (Å²) in [5.41, 5.74) is 3.62. The van der Waals surface area contributed by atoms with Crippen LogP contribution in [0.2, 0.25) is 0 Å². The molecule has 0 radical (unpaired) electrons. The van der Waals surface area contributed by atoms with Crippen molar-refractivity contribution in [2.45, 2.75) is 19.5 Å². The van der Waals surface area contributed by atoms with Crippen molar-refractivity contribution in [2.75, 3.05) is 6.54 Å². The Kier molecular flexibility index (Phi) is 4.24. The summed E-state index contributed by atoms with van der Waals surface area (Å²) in [6.45, 7) is 1.91. The number of rotatable bonds is 3. The zero-order valence-electron chi connectivity index (χ0n) is 13.6. The van der Waals surface area contributed by atoms with E-state index < -0.39 is 11.6 Å². The Balaban J connectivity index is 1.52. The molecule has 5 heteroatoms. The van der Waals surface area contributed by atoms with E-state index in [1.54, 1.807) is 0 Å². The molecule has 2 aromatic carbocycles. The van der Waals surface area contributed by atoms with Crippen molar-refractivity contribution in [3.05, 3.63) is 83.2 Å². The quantitative estimate of drug-likeness (QED) is 0.724. The largest absolute Gasteiger partial charge is 0.294 e. The van der Waals surface area contributed by atoms with Gasteiger partial charge in [-0.15, -0.1) is 0 Å². The highest BCUT2D eigenvalue weighted by Crippen LogP contribution is 2.22. The van der Waals surface area contributed by atoms with Gasteiger partial charge in [0.1, 0.15) is 11.6 Å². The molecule has 1 aromatic heterocycles. The SMILES string of the molecule is Fc1ccc(CN2CCc3nc(-c4ccccc4)ncc3C2)c(F)c1. The predicted molar refractivity (Wildman–Crippen MR) is 91.6 cm³/mol. The average Bonchev–Trinajstić information content (AvgIpc) is 2.64. The molecule has 0 saturated heterocycles. The lowest BCUT2D eigenvalue weighted by Crippen LogP contribution is -2.31. The lowest BCUT2D eigenvalue weighted by molar-refractivity contribution is 0.239. The fourth-order valence-corrected chi connectivity index (χ4v) is 3.13. The Hall–Kier alpha value is -2.66. The highest BCUT2D eigenvalue weighted by atomic mass is 19.1. The van der Waals surface area contributed by atoms with Gasteiger partial charge in [0.15, 0.2) is 5.82 Å². The maximum atomic E-state index is 13.9. The molecule has 1 aliphatic rings. The van der Waals surface area contributed by atoms with E-state index in [4.69, 9.17) is 4.98 Å². The Morgan fingerprint density at radius 2 is 1.88 bits per heavy atom. The van der Waals surface area contributed by atoms with Gasteiger partial charge >= 0.3 is 0 Å². The second-order valence-corrected chi connectivity index (χ2v) is 6.23. The van der Waals surface area contributed by atoms with Gasteiger partial charge in [-0.25, -0.2) is 18.7 Å². The van der Waals surface area contributed by atoms with Crippen LogP contribution in [0.15, 0.2) is 54.7 Å². The van der Waals surface area contributed by atoms with E-state index >= 15 is 0 Å². The van der Waals surface area contributed by atoms with Gasteiger partial charge in [-0.1, -0.05) is 36.4 Å². The van der Waals surface area contributed by atoms with Crippen LogP contribution in [0.5, 0.6) is 0 Å². The first kappa shape index (κ1) is 15.8. The second kappa shape index (κ2) is 6.69. The minimum atomic E-state index is -0.549. The number of aromatic nitrogens is 2. The number of halogens is 2. The third-order valence-electron chi connectivity index (χ3n) is 4.45. The number of benzene rings is 2. The molecule has 0 amide bonds. The van der Waals surface area contributed by atoms with Crippen molar-refractivity contribution in [3.63, 3.8) is 0 Å². The van der Waals surface area contributed by atoms with Crippen molar-refractivity contribution in [3.8, 4) is 11.4 Å². The van der Waals surface area contributed by atoms with E-state index in [9.17, 15) is 8.78 Å². The molecule has 3 aromatic rings. The van der Waals surface area contributed by atoms with Crippen LogP contribution in [-0.2, 0) is 19.5 Å². The first-order chi connectivity index (χ1) is 12.2. The highest BCUT2D eigenvalue weighted by Gasteiger charge is 2.20. The number of hydrogen-bond acceptors (Lipinski definition) is 3. The van der Waals surface area contributed by atoms with Crippen LogP contribution in [0.25, 0.3) is 11.4 Å². The van der Waals surface area contributed by atoms with Crippen LogP contribution in [-0.4, -0.2) is 21.4 Å². The predicted octanol–water partition coefficient (Wildman–Crippen LogP) is 3.98. The first-order valence-electron chi connectivity index (χ1n) is 8.25. The summed E-state index contributed by atoms with van der Waals surface area (Å²) in [7, 11) is 0. The van der Waals surface area contributed by atoms with E-state index in [1.165, 1.54) is 12.1 Å². The monoisotopic (exact) mass is 337 g/mol. The Morgan fingerprint density at radius 3 is 2.68 bits per heavy atom. The normalized spacial score (nSPS) is 14.3. The van der Waals surface area contributed by atoms with E-state index in [1.807, 2.05) is 36.5 Å². The summed E-state index contributed by atoms with van der Waals surface area (Å²) in [5.74, 6) is -0.314. The molecule has 0 unspecified atom stereocenters. The fraction of sp³-hybridized carbons (Fsp3) is 0.200. The van der Waals surface area contributed by atoms with Gasteiger partial charge in [0.05, 0.1) is 5.69 Å². The summed E-state index contributed by atoms with van der Waals surface area (Å²) < 4.78 is 26.9. The zero-order chi connectivity index (χ0) is 17.2. The van der Waals surface area contributed by atoms with Crippen molar-refractivity contribution in [1.82, 2.24) is 14.9 Å². The maximum absolute atomic E-state index is 13.9. The Labute approximate surface area is 145 Å². The van der Waals surface area contributed by atoms with Gasteiger partial charge in [-0.2, -0.15) is 0 Å². The van der Waals surface area contributed by atoms with Crippen LogP contribution >= 0.6 is 0 Å². The molecule has 0 spiro atoms. The van der Waals surface area contributed by atoms with Crippen LogP contribution < -0.4 is 0 Å². The minimum absolute atomic E-state index is 0.450. The fourth-order valence-electron chi connectivity index (χ4n) is 3.13. The smallest absolute Gasteiger partial charge is 0.159 e. The topological polar surface area (TPSA) is 29.0 Å². The lowest BCUT2D eigenvalue weighted by Gasteiger charge is -2.28. The van der Waals surface area contributed by atoms with E-state index in [2.05, 4.69) is 9.88 Å². The zero-order valence-corrected chi connectivity index (χ0v) is 13.6. The molecular formula is C20H17F2N3. The van der Waals surface area contributed by atoms with Crippen LogP contribution in [0.4, 0.5) is 8.78 Å². The lowest BCUT2D eigenvalue weighted by atomic mass is 10.1. The number of hydrogen-bond donors (Lipinski definition) is 0. The van der Waals surface area contributed by atoms with Gasteiger partial charge in [0.2, 0.25) is 0 Å². The molecule has 0 bridgehead atoms. The van der Waals surface area contributed by atoms with Crippen LogP contribution in [0, 0.1) is 11.6 Å². The molecule has 126 valence electrons. The van der Waals surface area contributed by atoms with Crippen molar-refractivity contribution >= 4 is 0 Å². The van der Waals surface area contributed by atoms with E-state index in [-0.39, 0.29) is 0 Å². The third-order valence-corrected chi connectivity index (χ3v) is 4.45. The number of nitrogens with zero attached hydrogens (tertiary/aromatic N) is 3. The van der Waals surface area contributed by atoms with Gasteiger partial charge in [-0.3, -0.25) is 4.90 Å². The van der Waals surface area contributed by atoms with Crippen molar-refractivity contribution in [2.24, 2.45) is 0 Å². The molecule has 25 heavy (non-hydrogen) atoms. The average molecular weight is 337 g/mol. The summed E-state index contributed by atoms with van der Waals surface area (Å²) in [6.07, 6.45) is 2.65. The van der Waals surface area contributed by atoms with Crippen molar-refractivity contribution < 1.29 is 8.78 Å². The summed E-state index contributed by atoms with van der Waals surface area (Å²) in [6, 6.07) is 13.6. The molecule has 1 aliphatic heterocycles. The molecule has 2 heterocycles.